The highest BCUT2D eigenvalue weighted by atomic mass is 19.4. The summed E-state index contributed by atoms with van der Waals surface area (Å²) in [6.45, 7) is 2.41. The van der Waals surface area contributed by atoms with E-state index in [1.54, 1.807) is 6.92 Å². The Kier molecular flexibility index (Phi) is 3.42. The lowest BCUT2D eigenvalue weighted by Gasteiger charge is -2.41. The predicted octanol–water partition coefficient (Wildman–Crippen LogP) is 4.43. The zero-order valence-corrected chi connectivity index (χ0v) is 11.0. The number of halogens is 6. The summed E-state index contributed by atoms with van der Waals surface area (Å²) in [5.41, 5.74) is -3.77. The molecule has 0 N–H and O–H groups in total. The van der Waals surface area contributed by atoms with Crippen LogP contribution in [0.5, 0.6) is 0 Å². The molecule has 21 heavy (non-hydrogen) atoms. The van der Waals surface area contributed by atoms with Gasteiger partial charge in [-0.3, -0.25) is 0 Å². The van der Waals surface area contributed by atoms with Crippen molar-refractivity contribution >= 4 is 5.69 Å². The Morgan fingerprint density at radius 1 is 1.00 bits per heavy atom. The topological polar surface area (TPSA) is 28.0 Å². The number of anilines is 1. The van der Waals surface area contributed by atoms with Crippen LogP contribution < -0.4 is 5.01 Å². The Morgan fingerprint density at radius 2 is 1.48 bits per heavy atom. The largest absolute Gasteiger partial charge is 0.424 e. The quantitative estimate of drug-likeness (QED) is 0.705. The molecule has 3 nitrogen and oxygen atoms in total. The van der Waals surface area contributed by atoms with Crippen LogP contribution >= 0.6 is 0 Å². The third kappa shape index (κ3) is 2.14. The first kappa shape index (κ1) is 15.6. The minimum atomic E-state index is -5.58. The number of hydrogen-bond donors (Lipinski definition) is 0. The smallest absolute Gasteiger partial charge is 0.220 e. The van der Waals surface area contributed by atoms with Crippen LogP contribution in [0.1, 0.15) is 12.5 Å². The van der Waals surface area contributed by atoms with E-state index in [4.69, 9.17) is 0 Å². The lowest BCUT2D eigenvalue weighted by molar-refractivity contribution is -0.297. The average Bonchev–Trinajstić information content (AvgIpc) is 2.67. The molecule has 0 saturated heterocycles. The second-order valence-corrected chi connectivity index (χ2v) is 4.79. The third-order valence-corrected chi connectivity index (χ3v) is 3.40. The zero-order chi connectivity index (χ0) is 16.1. The molecular weight excluding hydrogens is 300 g/mol. The summed E-state index contributed by atoms with van der Waals surface area (Å²) in [6.07, 6.45) is -11.2. The molecule has 1 aromatic carbocycles. The maximum absolute atomic E-state index is 13.3. The van der Waals surface area contributed by atoms with Crippen LogP contribution in [0.25, 0.3) is 0 Å². The van der Waals surface area contributed by atoms with Crippen LogP contribution in [0.3, 0.4) is 0 Å². The van der Waals surface area contributed by atoms with Crippen LogP contribution in [-0.4, -0.2) is 23.9 Å². The molecule has 0 spiro atoms. The molecule has 0 fully saturated rings. The van der Waals surface area contributed by atoms with Gasteiger partial charge in [-0.1, -0.05) is 22.9 Å². The van der Waals surface area contributed by atoms with Crippen molar-refractivity contribution in [3.8, 4) is 0 Å². The van der Waals surface area contributed by atoms with Crippen molar-refractivity contribution in [3.63, 3.8) is 0 Å². The van der Waals surface area contributed by atoms with E-state index in [2.05, 4.69) is 10.3 Å². The van der Waals surface area contributed by atoms with Gasteiger partial charge in [-0.15, -0.1) is 0 Å². The molecule has 1 heterocycles. The Labute approximate surface area is 116 Å². The van der Waals surface area contributed by atoms with E-state index < -0.39 is 23.9 Å². The molecule has 0 aromatic heterocycles. The highest BCUT2D eigenvalue weighted by Gasteiger charge is 2.79. The lowest BCUT2D eigenvalue weighted by atomic mass is 9.89. The second kappa shape index (κ2) is 4.60. The number of benzene rings is 1. The third-order valence-electron chi connectivity index (χ3n) is 3.40. The van der Waals surface area contributed by atoms with Gasteiger partial charge in [-0.25, -0.2) is 5.01 Å². The maximum atomic E-state index is 13.3. The minimum absolute atomic E-state index is 0.0862. The fraction of sp³-hybridized carbons (Fsp3) is 0.500. The molecule has 1 aliphatic heterocycles. The molecule has 1 unspecified atom stereocenters. The van der Waals surface area contributed by atoms with E-state index in [9.17, 15) is 26.3 Å². The van der Waals surface area contributed by atoms with Crippen molar-refractivity contribution in [2.75, 3.05) is 5.01 Å². The van der Waals surface area contributed by atoms with Crippen LogP contribution in [0, 0.1) is 6.92 Å². The van der Waals surface area contributed by atoms with E-state index in [1.165, 1.54) is 12.1 Å². The highest BCUT2D eigenvalue weighted by molar-refractivity contribution is 5.52. The molecule has 1 aromatic rings. The Morgan fingerprint density at radius 3 is 1.90 bits per heavy atom. The molecule has 2 rings (SSSR count). The monoisotopic (exact) mass is 311 g/mol. The van der Waals surface area contributed by atoms with Crippen LogP contribution in [0.15, 0.2) is 34.6 Å². The first-order valence-corrected chi connectivity index (χ1v) is 5.93. The van der Waals surface area contributed by atoms with E-state index in [0.717, 1.165) is 19.1 Å². The number of rotatable bonds is 1. The van der Waals surface area contributed by atoms with Gasteiger partial charge < -0.3 is 0 Å². The van der Waals surface area contributed by atoms with Crippen molar-refractivity contribution in [1.29, 1.82) is 0 Å². The normalized spacial score (nSPS) is 21.9. The minimum Gasteiger partial charge on any atom is -0.220 e. The van der Waals surface area contributed by atoms with E-state index in [1.807, 2.05) is 0 Å². The molecule has 1 atom stereocenters. The average molecular weight is 311 g/mol. The van der Waals surface area contributed by atoms with Crippen LogP contribution in [-0.2, 0) is 0 Å². The highest BCUT2D eigenvalue weighted by Crippen LogP contribution is 2.54. The van der Waals surface area contributed by atoms with Gasteiger partial charge >= 0.3 is 12.4 Å². The van der Waals surface area contributed by atoms with Gasteiger partial charge in [0.15, 0.2) is 0 Å². The Hall–Kier alpha value is -1.80. The van der Waals surface area contributed by atoms with Gasteiger partial charge in [0, 0.05) is 0 Å². The Balaban J connectivity index is 2.64. The standard InChI is InChI=1S/C12H11F6N3/c1-7-3-5-9(6-4-7)21-10(11(13,14)15,12(16,17)18)8(2)19-20-21/h3-6,8H,1-2H3. The summed E-state index contributed by atoms with van der Waals surface area (Å²) >= 11 is 0. The maximum Gasteiger partial charge on any atom is 0.424 e. The summed E-state index contributed by atoms with van der Waals surface area (Å²) in [4.78, 5) is 0. The molecule has 1 aliphatic rings. The SMILES string of the molecule is Cc1ccc(N2N=NC(C)C2(C(F)(F)F)C(F)(F)F)cc1. The summed E-state index contributed by atoms with van der Waals surface area (Å²) in [5.74, 6) is 0. The van der Waals surface area contributed by atoms with Gasteiger partial charge in [0.25, 0.3) is 5.54 Å². The molecular formula is C12H11F6N3. The van der Waals surface area contributed by atoms with Gasteiger partial charge in [-0.05, 0) is 26.0 Å². The van der Waals surface area contributed by atoms with E-state index >= 15 is 0 Å². The number of hydrogen-bond acceptors (Lipinski definition) is 3. The van der Waals surface area contributed by atoms with Crippen molar-refractivity contribution < 1.29 is 26.3 Å². The molecule has 0 bridgehead atoms. The van der Waals surface area contributed by atoms with Crippen LogP contribution in [0.2, 0.25) is 0 Å². The lowest BCUT2D eigenvalue weighted by Crippen LogP contribution is -2.69. The summed E-state index contributed by atoms with van der Waals surface area (Å²) < 4.78 is 79.8. The number of aryl methyl sites for hydroxylation is 1. The summed E-state index contributed by atoms with van der Waals surface area (Å²) in [7, 11) is 0. The Bertz CT molecular complexity index is 532. The van der Waals surface area contributed by atoms with Crippen molar-refractivity contribution in [1.82, 2.24) is 0 Å². The van der Waals surface area contributed by atoms with Gasteiger partial charge in [0.2, 0.25) is 0 Å². The van der Waals surface area contributed by atoms with Crippen molar-refractivity contribution in [3.05, 3.63) is 29.8 Å². The predicted molar refractivity (Wildman–Crippen MR) is 62.8 cm³/mol. The fourth-order valence-corrected chi connectivity index (χ4v) is 2.28. The molecule has 9 heteroatoms. The zero-order valence-electron chi connectivity index (χ0n) is 11.0. The van der Waals surface area contributed by atoms with Crippen molar-refractivity contribution in [2.45, 2.75) is 37.8 Å². The van der Waals surface area contributed by atoms with E-state index in [-0.39, 0.29) is 10.7 Å². The molecule has 0 radical (unpaired) electrons. The molecule has 116 valence electrons. The van der Waals surface area contributed by atoms with E-state index in [0.29, 0.717) is 5.56 Å². The fourth-order valence-electron chi connectivity index (χ4n) is 2.28. The first-order chi connectivity index (χ1) is 9.51. The second-order valence-electron chi connectivity index (χ2n) is 4.79. The van der Waals surface area contributed by atoms with Gasteiger partial charge in [0.05, 0.1) is 5.69 Å². The molecule has 0 amide bonds. The summed E-state index contributed by atoms with van der Waals surface area (Å²) in [5, 5.41) is 6.15. The van der Waals surface area contributed by atoms with Gasteiger partial charge in [0.1, 0.15) is 6.04 Å². The van der Waals surface area contributed by atoms with Gasteiger partial charge in [-0.2, -0.15) is 31.5 Å². The van der Waals surface area contributed by atoms with Crippen LogP contribution in [0.4, 0.5) is 32.0 Å². The van der Waals surface area contributed by atoms with Crippen molar-refractivity contribution in [2.24, 2.45) is 10.3 Å². The summed E-state index contributed by atoms with van der Waals surface area (Å²) in [6, 6.07) is 3.02. The molecule has 0 saturated carbocycles. The first-order valence-electron chi connectivity index (χ1n) is 5.93. The number of nitrogens with zero attached hydrogens (tertiary/aromatic N) is 3. The molecule has 0 aliphatic carbocycles. The number of alkyl halides is 6.